The van der Waals surface area contributed by atoms with Crippen LogP contribution in [0.1, 0.15) is 65.3 Å². The number of aryl methyl sites for hydroxylation is 2. The molecule has 1 aromatic carbocycles. The summed E-state index contributed by atoms with van der Waals surface area (Å²) < 4.78 is 0. The molecule has 7 nitrogen and oxygen atoms in total. The summed E-state index contributed by atoms with van der Waals surface area (Å²) in [5.41, 5.74) is 4.62. The van der Waals surface area contributed by atoms with Gasteiger partial charge in [-0.2, -0.15) is 0 Å². The quantitative estimate of drug-likeness (QED) is 0.562. The van der Waals surface area contributed by atoms with Crippen molar-refractivity contribution in [2.75, 3.05) is 44.7 Å². The molecule has 1 saturated heterocycles. The van der Waals surface area contributed by atoms with E-state index >= 15 is 0 Å². The Balaban J connectivity index is 1.46. The molecular formula is C29H42ClN5O2. The third-order valence-corrected chi connectivity index (χ3v) is 8.54. The van der Waals surface area contributed by atoms with Crippen LogP contribution in [0.5, 0.6) is 0 Å². The zero-order valence-electron chi connectivity index (χ0n) is 23.0. The van der Waals surface area contributed by atoms with E-state index in [0.717, 1.165) is 55.0 Å². The second kappa shape index (κ2) is 12.0. The predicted molar refractivity (Wildman–Crippen MR) is 152 cm³/mol. The zero-order chi connectivity index (χ0) is 26.7. The molecule has 8 heteroatoms. The number of aromatic amines is 1. The second-order valence-corrected chi connectivity index (χ2v) is 11.2. The Hall–Kier alpha value is -2.35. The number of anilines is 1. The normalized spacial score (nSPS) is 21.1. The van der Waals surface area contributed by atoms with E-state index in [1.165, 1.54) is 25.9 Å². The number of nitrogens with zero attached hydrogens (tertiary/aromatic N) is 3. The molecule has 0 radical (unpaired) electrons. The number of halogens is 1. The first-order chi connectivity index (χ1) is 17.7. The Bertz CT molecular complexity index is 1160. The zero-order valence-corrected chi connectivity index (χ0v) is 23.7. The maximum atomic E-state index is 13.3. The summed E-state index contributed by atoms with van der Waals surface area (Å²) in [6.07, 6.45) is 4.71. The molecule has 2 N–H and O–H groups in total. The highest BCUT2D eigenvalue weighted by molar-refractivity contribution is 6.31. The molecular weight excluding hydrogens is 486 g/mol. The highest BCUT2D eigenvalue weighted by atomic mass is 35.5. The van der Waals surface area contributed by atoms with Crippen LogP contribution in [0.15, 0.2) is 23.0 Å². The number of rotatable bonds is 7. The predicted octanol–water partition coefficient (Wildman–Crippen LogP) is 4.27. The number of amides is 1. The van der Waals surface area contributed by atoms with Crippen molar-refractivity contribution in [3.63, 3.8) is 0 Å². The molecule has 37 heavy (non-hydrogen) atoms. The van der Waals surface area contributed by atoms with Gasteiger partial charge in [0, 0.05) is 78.9 Å². The number of aromatic nitrogens is 1. The van der Waals surface area contributed by atoms with Crippen LogP contribution in [0.4, 0.5) is 5.69 Å². The molecule has 2 fully saturated rings. The SMILES string of the molecule is CCN(c1cc(Cl)cc(C(=O)NCc2c(C)cc(C)[nH]c2=O)c1C)[C@H]1CC[C@H](N2CCN(C)CC2)CC1. The summed E-state index contributed by atoms with van der Waals surface area (Å²) in [6, 6.07) is 6.77. The fraction of sp³-hybridized carbons (Fsp3) is 0.586. The molecule has 1 aliphatic heterocycles. The van der Waals surface area contributed by atoms with Gasteiger partial charge in [-0.3, -0.25) is 14.5 Å². The fourth-order valence-electron chi connectivity index (χ4n) is 6.11. The minimum atomic E-state index is -0.213. The summed E-state index contributed by atoms with van der Waals surface area (Å²) in [5, 5.41) is 3.50. The van der Waals surface area contributed by atoms with Crippen molar-refractivity contribution in [1.29, 1.82) is 0 Å². The van der Waals surface area contributed by atoms with E-state index < -0.39 is 0 Å². The van der Waals surface area contributed by atoms with E-state index in [4.69, 9.17) is 11.6 Å². The molecule has 0 unspecified atom stereocenters. The van der Waals surface area contributed by atoms with Crippen LogP contribution >= 0.6 is 11.6 Å². The van der Waals surface area contributed by atoms with E-state index in [-0.39, 0.29) is 18.0 Å². The topological polar surface area (TPSA) is 71.7 Å². The molecule has 2 aromatic rings. The van der Waals surface area contributed by atoms with E-state index in [9.17, 15) is 9.59 Å². The number of carbonyl (C=O) groups excluding carboxylic acids is 1. The fourth-order valence-corrected chi connectivity index (χ4v) is 6.32. The van der Waals surface area contributed by atoms with E-state index in [1.54, 1.807) is 6.07 Å². The average Bonchev–Trinajstić information content (AvgIpc) is 2.86. The molecule has 0 bridgehead atoms. The smallest absolute Gasteiger partial charge is 0.253 e. The first-order valence-electron chi connectivity index (χ1n) is 13.6. The van der Waals surface area contributed by atoms with Gasteiger partial charge in [-0.05, 0) is 89.8 Å². The Morgan fingerprint density at radius 2 is 1.76 bits per heavy atom. The van der Waals surface area contributed by atoms with Crippen LogP contribution in [0.2, 0.25) is 5.02 Å². The van der Waals surface area contributed by atoms with Gasteiger partial charge in [-0.1, -0.05) is 11.6 Å². The summed E-state index contributed by atoms with van der Waals surface area (Å²) in [7, 11) is 2.21. The molecule has 1 saturated carbocycles. The number of piperazine rings is 1. The van der Waals surface area contributed by atoms with Crippen LogP contribution in [0.25, 0.3) is 0 Å². The monoisotopic (exact) mass is 527 g/mol. The minimum absolute atomic E-state index is 0.161. The number of pyridine rings is 1. The van der Waals surface area contributed by atoms with Gasteiger partial charge in [0.25, 0.3) is 11.5 Å². The largest absolute Gasteiger partial charge is 0.369 e. The lowest BCUT2D eigenvalue weighted by molar-refractivity contribution is 0.0876. The first kappa shape index (κ1) is 27.7. The summed E-state index contributed by atoms with van der Waals surface area (Å²) in [4.78, 5) is 36.0. The second-order valence-electron chi connectivity index (χ2n) is 10.8. The number of H-pyrrole nitrogens is 1. The van der Waals surface area contributed by atoms with Crippen LogP contribution in [-0.4, -0.2) is 72.5 Å². The molecule has 2 heterocycles. The molecule has 0 atom stereocenters. The van der Waals surface area contributed by atoms with Gasteiger partial charge in [0.1, 0.15) is 0 Å². The summed E-state index contributed by atoms with van der Waals surface area (Å²) in [6.45, 7) is 13.6. The van der Waals surface area contributed by atoms with Crippen molar-refractivity contribution in [2.45, 2.75) is 72.0 Å². The van der Waals surface area contributed by atoms with Crippen molar-refractivity contribution in [2.24, 2.45) is 0 Å². The van der Waals surface area contributed by atoms with Crippen LogP contribution in [0, 0.1) is 20.8 Å². The number of benzene rings is 1. The highest BCUT2D eigenvalue weighted by Gasteiger charge is 2.31. The lowest BCUT2D eigenvalue weighted by Gasteiger charge is -2.44. The van der Waals surface area contributed by atoms with E-state index in [2.05, 4.69) is 39.0 Å². The number of hydrogen-bond donors (Lipinski definition) is 2. The lowest BCUT2D eigenvalue weighted by atomic mass is 9.88. The van der Waals surface area contributed by atoms with E-state index in [0.29, 0.717) is 28.2 Å². The Kier molecular flexibility index (Phi) is 8.98. The highest BCUT2D eigenvalue weighted by Crippen LogP contribution is 2.34. The molecule has 2 aliphatic rings. The standard InChI is InChI=1S/C29H42ClN5O2/c1-6-35(24-9-7-23(8-10-24)34-13-11-33(5)12-14-34)27-17-22(30)16-25(21(27)4)28(36)31-18-26-19(2)15-20(3)32-29(26)37/h15-17,23-24H,6-14,18H2,1-5H3,(H,31,36)(H,32,37)/t23-,24-. The van der Waals surface area contributed by atoms with Crippen LogP contribution in [0.3, 0.4) is 0 Å². The van der Waals surface area contributed by atoms with Crippen molar-refractivity contribution < 1.29 is 4.79 Å². The Morgan fingerprint density at radius 3 is 2.38 bits per heavy atom. The molecule has 4 rings (SSSR count). The first-order valence-corrected chi connectivity index (χ1v) is 14.0. The third kappa shape index (κ3) is 6.39. The Morgan fingerprint density at radius 1 is 1.08 bits per heavy atom. The van der Waals surface area contributed by atoms with Gasteiger partial charge in [0.2, 0.25) is 0 Å². The maximum Gasteiger partial charge on any atom is 0.253 e. The van der Waals surface area contributed by atoms with Gasteiger partial charge in [-0.15, -0.1) is 0 Å². The van der Waals surface area contributed by atoms with E-state index in [1.807, 2.05) is 32.9 Å². The van der Waals surface area contributed by atoms with Crippen molar-refractivity contribution in [3.8, 4) is 0 Å². The number of nitrogens with one attached hydrogen (secondary N) is 2. The number of likely N-dealkylation sites (N-methyl/N-ethyl adjacent to an activating group) is 1. The number of carbonyl (C=O) groups is 1. The summed E-state index contributed by atoms with van der Waals surface area (Å²) >= 11 is 6.56. The molecule has 1 amide bonds. The van der Waals surface area contributed by atoms with Crippen molar-refractivity contribution in [1.82, 2.24) is 20.1 Å². The average molecular weight is 528 g/mol. The molecule has 0 spiro atoms. The van der Waals surface area contributed by atoms with Gasteiger partial charge in [-0.25, -0.2) is 0 Å². The van der Waals surface area contributed by atoms with Gasteiger partial charge < -0.3 is 20.1 Å². The van der Waals surface area contributed by atoms with Crippen LogP contribution in [-0.2, 0) is 6.54 Å². The Labute approximate surface area is 226 Å². The van der Waals surface area contributed by atoms with Gasteiger partial charge >= 0.3 is 0 Å². The van der Waals surface area contributed by atoms with Crippen molar-refractivity contribution in [3.05, 3.63) is 61.5 Å². The van der Waals surface area contributed by atoms with Crippen molar-refractivity contribution >= 4 is 23.2 Å². The molecule has 202 valence electrons. The van der Waals surface area contributed by atoms with Gasteiger partial charge in [0.05, 0.1) is 0 Å². The molecule has 1 aromatic heterocycles. The lowest BCUT2D eigenvalue weighted by Crippen LogP contribution is -2.51. The minimum Gasteiger partial charge on any atom is -0.369 e. The summed E-state index contributed by atoms with van der Waals surface area (Å²) in [5.74, 6) is -0.213. The van der Waals surface area contributed by atoms with Gasteiger partial charge in [0.15, 0.2) is 0 Å². The number of hydrogen-bond acceptors (Lipinski definition) is 5. The van der Waals surface area contributed by atoms with Crippen LogP contribution < -0.4 is 15.8 Å². The molecule has 1 aliphatic carbocycles. The maximum absolute atomic E-state index is 13.3. The third-order valence-electron chi connectivity index (χ3n) is 8.32.